The monoisotopic (exact) mass is 434 g/mol. The lowest BCUT2D eigenvalue weighted by Crippen LogP contribution is -2.36. The van der Waals surface area contributed by atoms with Gasteiger partial charge in [0.25, 0.3) is 0 Å². The normalized spacial score (nSPS) is 12.6. The Morgan fingerprint density at radius 1 is 0.786 bits per heavy atom. The zero-order valence-electron chi connectivity index (χ0n) is 15.2. The molecule has 0 bridgehead atoms. The highest BCUT2D eigenvalue weighted by atomic mass is 79.9. The SMILES string of the molecule is FC(CBr)c1cn(C(c2ccccc2)(c2ccccc2)c2ccccc2)cn1. The number of aromatic nitrogens is 2. The largest absolute Gasteiger partial charge is 0.319 e. The first-order valence-electron chi connectivity index (χ1n) is 9.17. The Morgan fingerprint density at radius 2 is 1.21 bits per heavy atom. The van der Waals surface area contributed by atoms with E-state index >= 15 is 0 Å². The highest BCUT2D eigenvalue weighted by molar-refractivity contribution is 9.09. The van der Waals surface area contributed by atoms with E-state index in [0.717, 1.165) is 16.7 Å². The van der Waals surface area contributed by atoms with Gasteiger partial charge in [0.05, 0.1) is 12.0 Å². The Hall–Kier alpha value is -2.72. The summed E-state index contributed by atoms with van der Waals surface area (Å²) in [4.78, 5) is 4.39. The van der Waals surface area contributed by atoms with E-state index in [9.17, 15) is 4.39 Å². The molecule has 0 saturated heterocycles. The van der Waals surface area contributed by atoms with Crippen molar-refractivity contribution in [3.05, 3.63) is 126 Å². The van der Waals surface area contributed by atoms with E-state index in [4.69, 9.17) is 0 Å². The van der Waals surface area contributed by atoms with Gasteiger partial charge in [0.15, 0.2) is 6.17 Å². The first kappa shape index (κ1) is 18.6. The van der Waals surface area contributed by atoms with Crippen LogP contribution in [0.2, 0.25) is 0 Å². The quantitative estimate of drug-likeness (QED) is 0.263. The number of nitrogens with zero attached hydrogens (tertiary/aromatic N) is 2. The predicted molar refractivity (Wildman–Crippen MR) is 114 cm³/mol. The molecule has 0 aliphatic carbocycles. The van der Waals surface area contributed by atoms with Crippen molar-refractivity contribution in [2.75, 3.05) is 5.33 Å². The van der Waals surface area contributed by atoms with Gasteiger partial charge in [0.1, 0.15) is 5.54 Å². The number of hydrogen-bond acceptors (Lipinski definition) is 1. The summed E-state index contributed by atoms with van der Waals surface area (Å²) in [5.41, 5.74) is 3.03. The Bertz CT molecular complexity index is 920. The summed E-state index contributed by atoms with van der Waals surface area (Å²) in [5, 5.41) is 0.221. The minimum absolute atomic E-state index is 0.221. The smallest absolute Gasteiger partial charge is 0.153 e. The van der Waals surface area contributed by atoms with Crippen molar-refractivity contribution in [3.8, 4) is 0 Å². The zero-order valence-corrected chi connectivity index (χ0v) is 16.8. The number of halogens is 2. The number of hydrogen-bond donors (Lipinski definition) is 0. The van der Waals surface area contributed by atoms with E-state index in [0.29, 0.717) is 5.69 Å². The third kappa shape index (κ3) is 3.18. The average molecular weight is 435 g/mol. The molecule has 0 radical (unpaired) electrons. The minimum atomic E-state index is -1.15. The fraction of sp³-hybridized carbons (Fsp3) is 0.125. The van der Waals surface area contributed by atoms with Crippen LogP contribution in [0.15, 0.2) is 104 Å². The maximum Gasteiger partial charge on any atom is 0.153 e. The van der Waals surface area contributed by atoms with Crippen molar-refractivity contribution in [2.45, 2.75) is 11.7 Å². The van der Waals surface area contributed by atoms with E-state index in [1.54, 1.807) is 6.33 Å². The molecule has 0 spiro atoms. The summed E-state index contributed by atoms with van der Waals surface area (Å²) >= 11 is 3.22. The molecule has 0 amide bonds. The summed E-state index contributed by atoms with van der Waals surface area (Å²) < 4.78 is 16.4. The molecular weight excluding hydrogens is 415 g/mol. The molecule has 28 heavy (non-hydrogen) atoms. The van der Waals surface area contributed by atoms with Gasteiger partial charge < -0.3 is 4.57 Å². The van der Waals surface area contributed by atoms with Crippen LogP contribution in [0.4, 0.5) is 4.39 Å². The van der Waals surface area contributed by atoms with Crippen LogP contribution in [0.3, 0.4) is 0 Å². The maximum absolute atomic E-state index is 14.4. The van der Waals surface area contributed by atoms with Crippen LogP contribution in [0.25, 0.3) is 0 Å². The van der Waals surface area contributed by atoms with Gasteiger partial charge in [0, 0.05) is 11.5 Å². The van der Waals surface area contributed by atoms with E-state index in [1.165, 1.54) is 0 Å². The predicted octanol–water partition coefficient (Wildman–Crippen LogP) is 6.13. The summed E-state index contributed by atoms with van der Waals surface area (Å²) in [6.45, 7) is 0. The van der Waals surface area contributed by atoms with Crippen LogP contribution in [0.1, 0.15) is 28.6 Å². The summed E-state index contributed by atoms with van der Waals surface area (Å²) in [6, 6.07) is 30.9. The summed E-state index contributed by atoms with van der Waals surface area (Å²) in [6.07, 6.45) is 2.40. The molecule has 1 heterocycles. The van der Waals surface area contributed by atoms with Gasteiger partial charge in [-0.1, -0.05) is 107 Å². The van der Waals surface area contributed by atoms with Crippen LogP contribution in [0, 0.1) is 0 Å². The fourth-order valence-electron chi connectivity index (χ4n) is 3.75. The van der Waals surface area contributed by atoms with Crippen molar-refractivity contribution in [1.29, 1.82) is 0 Å². The number of imidazole rings is 1. The average Bonchev–Trinajstić information content (AvgIpc) is 3.26. The molecule has 0 saturated carbocycles. The van der Waals surface area contributed by atoms with Gasteiger partial charge in [-0.15, -0.1) is 0 Å². The van der Waals surface area contributed by atoms with Crippen molar-refractivity contribution in [1.82, 2.24) is 9.55 Å². The van der Waals surface area contributed by atoms with Gasteiger partial charge >= 0.3 is 0 Å². The summed E-state index contributed by atoms with van der Waals surface area (Å²) in [5.74, 6) is 0. The third-order valence-electron chi connectivity index (χ3n) is 5.02. The molecule has 4 aromatic rings. The van der Waals surface area contributed by atoms with Crippen molar-refractivity contribution >= 4 is 15.9 Å². The molecule has 1 atom stereocenters. The first-order chi connectivity index (χ1) is 13.8. The molecule has 4 rings (SSSR count). The standard InChI is InChI=1S/C24H20BrFN2/c25-16-22(26)23-17-28(18-27-23)24(19-10-4-1-5-11-19,20-12-6-2-7-13-20)21-14-8-3-9-15-21/h1-15,17-18,22H,16H2. The Labute approximate surface area is 172 Å². The lowest BCUT2D eigenvalue weighted by atomic mass is 9.77. The highest BCUT2D eigenvalue weighted by Crippen LogP contribution is 2.41. The van der Waals surface area contributed by atoms with E-state index in [-0.39, 0.29) is 5.33 Å². The molecule has 0 fully saturated rings. The van der Waals surface area contributed by atoms with Gasteiger partial charge in [-0.05, 0) is 16.7 Å². The molecular formula is C24H20BrFN2. The molecule has 0 N–H and O–H groups in total. The molecule has 4 heteroatoms. The van der Waals surface area contributed by atoms with Crippen molar-refractivity contribution in [3.63, 3.8) is 0 Å². The second-order valence-electron chi connectivity index (χ2n) is 6.64. The van der Waals surface area contributed by atoms with E-state index in [2.05, 4.69) is 57.3 Å². The van der Waals surface area contributed by atoms with Crippen LogP contribution < -0.4 is 0 Å². The van der Waals surface area contributed by atoms with Gasteiger partial charge in [-0.25, -0.2) is 9.37 Å². The molecule has 1 unspecified atom stereocenters. The molecule has 3 aromatic carbocycles. The Morgan fingerprint density at radius 3 is 1.61 bits per heavy atom. The second-order valence-corrected chi connectivity index (χ2v) is 7.28. The molecule has 140 valence electrons. The minimum Gasteiger partial charge on any atom is -0.319 e. The van der Waals surface area contributed by atoms with Crippen LogP contribution >= 0.6 is 15.9 Å². The third-order valence-corrected chi connectivity index (χ3v) is 5.59. The van der Waals surface area contributed by atoms with E-state index < -0.39 is 11.7 Å². The number of alkyl halides is 2. The van der Waals surface area contributed by atoms with Crippen LogP contribution in [-0.4, -0.2) is 14.9 Å². The highest BCUT2D eigenvalue weighted by Gasteiger charge is 2.38. The molecule has 1 aromatic heterocycles. The molecule has 0 aliphatic heterocycles. The Kier molecular flexibility index (Phi) is 5.40. The Balaban J connectivity index is 2.06. The topological polar surface area (TPSA) is 17.8 Å². The fourth-order valence-corrected chi connectivity index (χ4v) is 4.08. The van der Waals surface area contributed by atoms with Crippen molar-refractivity contribution in [2.24, 2.45) is 0 Å². The molecule has 2 nitrogen and oxygen atoms in total. The van der Waals surface area contributed by atoms with Crippen LogP contribution in [0.5, 0.6) is 0 Å². The summed E-state index contributed by atoms with van der Waals surface area (Å²) in [7, 11) is 0. The molecule has 0 aliphatic rings. The first-order valence-corrected chi connectivity index (χ1v) is 10.3. The lowest BCUT2D eigenvalue weighted by Gasteiger charge is -2.37. The van der Waals surface area contributed by atoms with Gasteiger partial charge in [-0.3, -0.25) is 0 Å². The maximum atomic E-state index is 14.4. The second kappa shape index (κ2) is 8.11. The lowest BCUT2D eigenvalue weighted by molar-refractivity contribution is 0.374. The van der Waals surface area contributed by atoms with Crippen molar-refractivity contribution < 1.29 is 4.39 Å². The van der Waals surface area contributed by atoms with Gasteiger partial charge in [0.2, 0.25) is 0 Å². The zero-order chi connectivity index (χ0) is 19.4. The van der Waals surface area contributed by atoms with E-state index in [1.807, 2.05) is 65.4 Å². The number of rotatable bonds is 6. The van der Waals surface area contributed by atoms with Gasteiger partial charge in [-0.2, -0.15) is 0 Å². The van der Waals surface area contributed by atoms with Crippen LogP contribution in [-0.2, 0) is 5.54 Å². The number of benzene rings is 3.